The Morgan fingerprint density at radius 2 is 1.88 bits per heavy atom. The van der Waals surface area contributed by atoms with Crippen LogP contribution in [0.5, 0.6) is 0 Å². The molecular formula is C20H20ClN3O. The Labute approximate surface area is 152 Å². The maximum absolute atomic E-state index is 12.5. The van der Waals surface area contributed by atoms with Crippen LogP contribution >= 0.6 is 11.6 Å². The molecule has 3 rings (SSSR count). The van der Waals surface area contributed by atoms with Crippen molar-refractivity contribution in [1.82, 2.24) is 15.1 Å². The molecule has 0 aliphatic carbocycles. The highest BCUT2D eigenvalue weighted by Gasteiger charge is 2.18. The number of hydrogen-bond donors (Lipinski definition) is 1. The molecule has 1 N–H and O–H groups in total. The Morgan fingerprint density at radius 3 is 2.56 bits per heavy atom. The second-order valence-electron chi connectivity index (χ2n) is 5.86. The van der Waals surface area contributed by atoms with Crippen LogP contribution in [0.3, 0.4) is 0 Å². The Balaban J connectivity index is 1.63. The summed E-state index contributed by atoms with van der Waals surface area (Å²) in [7, 11) is 0. The van der Waals surface area contributed by atoms with Gasteiger partial charge in [-0.1, -0.05) is 48.9 Å². The van der Waals surface area contributed by atoms with Crippen molar-refractivity contribution in [3.8, 4) is 5.69 Å². The molecule has 2 aromatic carbocycles. The molecule has 0 bridgehead atoms. The molecule has 0 aliphatic heterocycles. The van der Waals surface area contributed by atoms with Crippen molar-refractivity contribution in [1.29, 1.82) is 0 Å². The van der Waals surface area contributed by atoms with Gasteiger partial charge in [0.05, 0.1) is 17.8 Å². The van der Waals surface area contributed by atoms with Gasteiger partial charge in [-0.05, 0) is 36.2 Å². The second kappa shape index (κ2) is 7.99. The van der Waals surface area contributed by atoms with E-state index in [0.717, 1.165) is 23.2 Å². The van der Waals surface area contributed by atoms with Gasteiger partial charge in [-0.2, -0.15) is 5.10 Å². The van der Waals surface area contributed by atoms with Gasteiger partial charge in [0.25, 0.3) is 0 Å². The first-order valence-electron chi connectivity index (χ1n) is 8.29. The predicted octanol–water partition coefficient (Wildman–Crippen LogP) is 4.34. The maximum Gasteiger partial charge on any atom is 0.227 e. The van der Waals surface area contributed by atoms with Crippen molar-refractivity contribution < 1.29 is 4.79 Å². The number of hydrogen-bond acceptors (Lipinski definition) is 2. The third-order valence-corrected chi connectivity index (χ3v) is 4.37. The standard InChI is InChI=1S/C20H20ClN3O/c1-2-19(16-6-4-3-5-7-16)20(25)22-12-15-13-23-24(14-15)18-10-8-17(21)9-11-18/h3-11,13-14,19H,2,12H2,1H3,(H,22,25). The van der Waals surface area contributed by atoms with Crippen LogP contribution in [0.2, 0.25) is 5.02 Å². The first-order valence-corrected chi connectivity index (χ1v) is 8.67. The molecule has 128 valence electrons. The molecular weight excluding hydrogens is 334 g/mol. The van der Waals surface area contributed by atoms with E-state index in [-0.39, 0.29) is 11.8 Å². The van der Waals surface area contributed by atoms with Gasteiger partial charge in [-0.25, -0.2) is 4.68 Å². The third-order valence-electron chi connectivity index (χ3n) is 4.12. The lowest BCUT2D eigenvalue weighted by atomic mass is 9.95. The van der Waals surface area contributed by atoms with E-state index in [2.05, 4.69) is 10.4 Å². The van der Waals surface area contributed by atoms with Crippen LogP contribution in [0.15, 0.2) is 67.0 Å². The van der Waals surface area contributed by atoms with Gasteiger partial charge < -0.3 is 5.32 Å². The second-order valence-corrected chi connectivity index (χ2v) is 6.30. The molecule has 0 radical (unpaired) electrons. The Kier molecular flexibility index (Phi) is 5.51. The minimum Gasteiger partial charge on any atom is -0.351 e. The van der Waals surface area contributed by atoms with Crippen LogP contribution in [0.1, 0.15) is 30.4 Å². The average molecular weight is 354 g/mol. The largest absolute Gasteiger partial charge is 0.351 e. The van der Waals surface area contributed by atoms with Crippen LogP contribution in [0.4, 0.5) is 0 Å². The number of carbonyl (C=O) groups is 1. The molecule has 4 nitrogen and oxygen atoms in total. The highest BCUT2D eigenvalue weighted by Crippen LogP contribution is 2.19. The third kappa shape index (κ3) is 4.28. The summed E-state index contributed by atoms with van der Waals surface area (Å²) in [5.41, 5.74) is 2.92. The zero-order valence-electron chi connectivity index (χ0n) is 14.0. The number of aromatic nitrogens is 2. The Bertz CT molecular complexity index is 828. The van der Waals surface area contributed by atoms with Gasteiger partial charge >= 0.3 is 0 Å². The maximum atomic E-state index is 12.5. The van der Waals surface area contributed by atoms with Crippen molar-refractivity contribution in [2.45, 2.75) is 25.8 Å². The summed E-state index contributed by atoms with van der Waals surface area (Å²) in [6, 6.07) is 17.3. The molecule has 1 heterocycles. The number of carbonyl (C=O) groups excluding carboxylic acids is 1. The van der Waals surface area contributed by atoms with E-state index in [0.29, 0.717) is 11.6 Å². The topological polar surface area (TPSA) is 46.9 Å². The molecule has 1 amide bonds. The number of nitrogens with one attached hydrogen (secondary N) is 1. The minimum absolute atomic E-state index is 0.0351. The zero-order chi connectivity index (χ0) is 17.6. The lowest BCUT2D eigenvalue weighted by Gasteiger charge is -2.15. The summed E-state index contributed by atoms with van der Waals surface area (Å²) in [6.45, 7) is 2.48. The van der Waals surface area contributed by atoms with Crippen LogP contribution in [-0.4, -0.2) is 15.7 Å². The molecule has 1 atom stereocenters. The predicted molar refractivity (Wildman–Crippen MR) is 99.9 cm³/mol. The monoisotopic (exact) mass is 353 g/mol. The van der Waals surface area contributed by atoms with E-state index in [4.69, 9.17) is 11.6 Å². The molecule has 0 fully saturated rings. The van der Waals surface area contributed by atoms with Crippen LogP contribution in [0.25, 0.3) is 5.69 Å². The molecule has 25 heavy (non-hydrogen) atoms. The van der Waals surface area contributed by atoms with Gasteiger partial charge in [-0.3, -0.25) is 4.79 Å². The normalized spacial score (nSPS) is 11.9. The molecule has 1 aromatic heterocycles. The molecule has 0 spiro atoms. The average Bonchev–Trinajstić information content (AvgIpc) is 3.11. The van der Waals surface area contributed by atoms with Crippen molar-refractivity contribution in [3.05, 3.63) is 83.1 Å². The minimum atomic E-state index is -0.132. The van der Waals surface area contributed by atoms with Crippen molar-refractivity contribution in [3.63, 3.8) is 0 Å². The summed E-state index contributed by atoms with van der Waals surface area (Å²) >= 11 is 5.91. The number of amides is 1. The van der Waals surface area contributed by atoms with Gasteiger partial charge in [0.15, 0.2) is 0 Å². The summed E-state index contributed by atoms with van der Waals surface area (Å²) in [5.74, 6) is -0.0968. The number of benzene rings is 2. The molecule has 1 unspecified atom stereocenters. The van der Waals surface area contributed by atoms with Crippen LogP contribution < -0.4 is 5.32 Å². The number of halogens is 1. The van der Waals surface area contributed by atoms with E-state index in [1.807, 2.05) is 67.7 Å². The zero-order valence-corrected chi connectivity index (χ0v) is 14.8. The quantitative estimate of drug-likeness (QED) is 0.716. The van der Waals surface area contributed by atoms with E-state index in [1.54, 1.807) is 10.9 Å². The number of rotatable bonds is 6. The highest BCUT2D eigenvalue weighted by molar-refractivity contribution is 6.30. The van der Waals surface area contributed by atoms with Crippen LogP contribution in [-0.2, 0) is 11.3 Å². The Morgan fingerprint density at radius 1 is 1.16 bits per heavy atom. The fourth-order valence-corrected chi connectivity index (χ4v) is 2.88. The molecule has 5 heteroatoms. The highest BCUT2D eigenvalue weighted by atomic mass is 35.5. The summed E-state index contributed by atoms with van der Waals surface area (Å²) in [4.78, 5) is 12.5. The lowest BCUT2D eigenvalue weighted by molar-refractivity contribution is -0.122. The molecule has 0 saturated heterocycles. The lowest BCUT2D eigenvalue weighted by Crippen LogP contribution is -2.28. The first kappa shape index (κ1) is 17.2. The van der Waals surface area contributed by atoms with Gasteiger partial charge in [0, 0.05) is 23.3 Å². The Hall–Kier alpha value is -2.59. The summed E-state index contributed by atoms with van der Waals surface area (Å²) < 4.78 is 1.77. The van der Waals surface area contributed by atoms with Crippen molar-refractivity contribution in [2.75, 3.05) is 0 Å². The van der Waals surface area contributed by atoms with Gasteiger partial charge in [0.1, 0.15) is 0 Å². The smallest absolute Gasteiger partial charge is 0.227 e. The van der Waals surface area contributed by atoms with E-state index in [9.17, 15) is 4.79 Å². The van der Waals surface area contributed by atoms with E-state index < -0.39 is 0 Å². The molecule has 3 aromatic rings. The van der Waals surface area contributed by atoms with Crippen molar-refractivity contribution >= 4 is 17.5 Å². The van der Waals surface area contributed by atoms with Gasteiger partial charge in [0.2, 0.25) is 5.91 Å². The van der Waals surface area contributed by atoms with E-state index >= 15 is 0 Å². The van der Waals surface area contributed by atoms with Crippen molar-refractivity contribution in [2.24, 2.45) is 0 Å². The molecule has 0 saturated carbocycles. The summed E-state index contributed by atoms with van der Waals surface area (Å²) in [6.07, 6.45) is 4.44. The van der Waals surface area contributed by atoms with Gasteiger partial charge in [-0.15, -0.1) is 0 Å². The fraction of sp³-hybridized carbons (Fsp3) is 0.200. The summed E-state index contributed by atoms with van der Waals surface area (Å²) in [5, 5.41) is 8.04. The van der Waals surface area contributed by atoms with Crippen LogP contribution in [0, 0.1) is 0 Å². The fourth-order valence-electron chi connectivity index (χ4n) is 2.76. The van der Waals surface area contributed by atoms with E-state index in [1.165, 1.54) is 0 Å². The molecule has 0 aliphatic rings. The first-order chi connectivity index (χ1) is 12.2. The SMILES string of the molecule is CCC(C(=O)NCc1cnn(-c2ccc(Cl)cc2)c1)c1ccccc1. The number of nitrogens with zero attached hydrogens (tertiary/aromatic N) is 2.